The van der Waals surface area contributed by atoms with Crippen LogP contribution in [-0.4, -0.2) is 72.0 Å². The second kappa shape index (κ2) is 9.36. The van der Waals surface area contributed by atoms with Crippen LogP contribution in [0.5, 0.6) is 0 Å². The highest BCUT2D eigenvalue weighted by Gasteiger charge is 2.56. The largest absolute Gasteiger partial charge is 0.377 e. The lowest BCUT2D eigenvalue weighted by Gasteiger charge is -2.43. The van der Waals surface area contributed by atoms with Crippen LogP contribution in [-0.2, 0) is 19.3 Å². The minimum atomic E-state index is -2.05. The number of nitrogens with one attached hydrogen (secondary N) is 1. The topological polar surface area (TPSA) is 94.8 Å². The molecule has 7 nitrogen and oxygen atoms in total. The molecule has 0 aromatic carbocycles. The summed E-state index contributed by atoms with van der Waals surface area (Å²) >= 11 is 0. The molecule has 2 aliphatic heterocycles. The van der Waals surface area contributed by atoms with E-state index in [1.54, 1.807) is 13.3 Å². The molecule has 4 rings (SSSR count). The first kappa shape index (κ1) is 23.0. The molecule has 4 aliphatic rings. The van der Waals surface area contributed by atoms with Gasteiger partial charge in [-0.05, 0) is 76.8 Å². The molecule has 2 saturated heterocycles. The maximum atomic E-state index is 12.9. The normalized spacial score (nSPS) is 37.5. The first-order valence-electron chi connectivity index (χ1n) is 12.0. The van der Waals surface area contributed by atoms with Gasteiger partial charge in [-0.3, -0.25) is 4.79 Å². The Morgan fingerprint density at radius 1 is 1.23 bits per heavy atom. The van der Waals surface area contributed by atoms with E-state index in [-0.39, 0.29) is 34.6 Å². The fourth-order valence-electron chi connectivity index (χ4n) is 6.46. The van der Waals surface area contributed by atoms with Gasteiger partial charge in [-0.25, -0.2) is 8.57 Å². The molecule has 1 N–H and O–H groups in total. The number of carbonyl (C=O) groups excluding carboxylic acids is 1. The van der Waals surface area contributed by atoms with Gasteiger partial charge in [0.1, 0.15) is 0 Å². The van der Waals surface area contributed by atoms with E-state index in [0.717, 1.165) is 84.0 Å². The Hall–Kier alpha value is -1.17. The van der Waals surface area contributed by atoms with Crippen LogP contribution in [0.1, 0.15) is 57.8 Å². The number of nitrogens with zero attached hydrogens (tertiary/aromatic N) is 3. The van der Waals surface area contributed by atoms with Crippen molar-refractivity contribution in [3.8, 4) is 6.07 Å². The average molecular weight is 451 g/mol. The quantitative estimate of drug-likeness (QED) is 0.695. The van der Waals surface area contributed by atoms with Gasteiger partial charge in [-0.2, -0.15) is 5.26 Å². The molecule has 31 heavy (non-hydrogen) atoms. The fourth-order valence-corrected chi connectivity index (χ4v) is 7.90. The summed E-state index contributed by atoms with van der Waals surface area (Å²) < 4.78 is 22.7. The molecule has 2 aliphatic carbocycles. The highest BCUT2D eigenvalue weighted by molar-refractivity contribution is 7.93. The maximum absolute atomic E-state index is 12.9. The zero-order valence-corrected chi connectivity index (χ0v) is 19.9. The van der Waals surface area contributed by atoms with Crippen molar-refractivity contribution >= 4 is 15.6 Å². The molecule has 174 valence electrons. The molecule has 0 aromatic heterocycles. The number of ether oxygens (including phenoxy) is 1. The molecule has 0 aromatic rings. The number of hydrogen-bond acceptors (Lipinski definition) is 6. The Bertz CT molecular complexity index is 815. The summed E-state index contributed by atoms with van der Waals surface area (Å²) in [5.74, 6) is 0.676. The number of nitriles is 1. The smallest absolute Gasteiger partial charge is 0.226 e. The molecule has 4 unspecified atom stereocenters. The number of fused-ring (bicyclic) bond motifs is 2. The third kappa shape index (κ3) is 4.65. The standard InChI is InChI=1S/C23H38N4O3S/c1-25-31(2,29)19-6-4-18(5-7-19)30-14-13-27-11-9-23(10-12-27)20-15-17(16-24)3-8-21(20)26-22(23)28/h17-21H,3-15H2,1-2H3,(H,26,28). The van der Waals surface area contributed by atoms with E-state index in [9.17, 15) is 14.3 Å². The molecular weight excluding hydrogens is 412 g/mol. The van der Waals surface area contributed by atoms with Gasteiger partial charge in [0.2, 0.25) is 5.91 Å². The molecule has 2 heterocycles. The number of piperidine rings is 1. The first-order valence-corrected chi connectivity index (χ1v) is 14.0. The Balaban J connectivity index is 1.21. The van der Waals surface area contributed by atoms with Crippen LogP contribution >= 0.6 is 0 Å². The van der Waals surface area contributed by atoms with Gasteiger partial charge in [0, 0.05) is 46.8 Å². The Labute approximate surface area is 187 Å². The van der Waals surface area contributed by atoms with Crippen LogP contribution < -0.4 is 5.32 Å². The lowest BCUT2D eigenvalue weighted by molar-refractivity contribution is -0.132. The van der Waals surface area contributed by atoms with Crippen LogP contribution in [0.4, 0.5) is 0 Å². The van der Waals surface area contributed by atoms with E-state index < -0.39 is 9.73 Å². The van der Waals surface area contributed by atoms with Gasteiger partial charge in [-0.15, -0.1) is 0 Å². The fraction of sp³-hybridized carbons (Fsp3) is 0.913. The average Bonchev–Trinajstić information content (AvgIpc) is 3.06. The SMILES string of the molecule is CN=S(C)(=O)C1CCC(OCCN2CCC3(CC2)C(=O)NC2CCC(C#N)CC23)CC1. The summed E-state index contributed by atoms with van der Waals surface area (Å²) in [6.07, 6.45) is 10.4. The van der Waals surface area contributed by atoms with Crippen molar-refractivity contribution in [2.75, 3.05) is 39.5 Å². The summed E-state index contributed by atoms with van der Waals surface area (Å²) in [5.41, 5.74) is -0.256. The van der Waals surface area contributed by atoms with E-state index in [1.165, 1.54) is 0 Å². The molecule has 2 saturated carbocycles. The van der Waals surface area contributed by atoms with E-state index in [0.29, 0.717) is 5.92 Å². The Morgan fingerprint density at radius 2 is 1.94 bits per heavy atom. The highest BCUT2D eigenvalue weighted by Crippen LogP contribution is 2.51. The molecule has 4 atom stereocenters. The van der Waals surface area contributed by atoms with E-state index in [1.807, 2.05) is 0 Å². The predicted octanol–water partition coefficient (Wildman–Crippen LogP) is 2.56. The van der Waals surface area contributed by atoms with Crippen LogP contribution in [0, 0.1) is 28.6 Å². The lowest BCUT2D eigenvalue weighted by atomic mass is 9.63. The summed E-state index contributed by atoms with van der Waals surface area (Å²) in [4.78, 5) is 15.3. The van der Waals surface area contributed by atoms with Crippen LogP contribution in [0.15, 0.2) is 4.36 Å². The monoisotopic (exact) mass is 450 g/mol. The Morgan fingerprint density at radius 3 is 2.58 bits per heavy atom. The summed E-state index contributed by atoms with van der Waals surface area (Å²) in [6.45, 7) is 3.48. The van der Waals surface area contributed by atoms with Crippen molar-refractivity contribution in [1.82, 2.24) is 10.2 Å². The highest BCUT2D eigenvalue weighted by atomic mass is 32.2. The van der Waals surface area contributed by atoms with E-state index >= 15 is 0 Å². The van der Waals surface area contributed by atoms with E-state index in [2.05, 4.69) is 20.6 Å². The van der Waals surface area contributed by atoms with Crippen molar-refractivity contribution in [3.63, 3.8) is 0 Å². The van der Waals surface area contributed by atoms with Crippen molar-refractivity contribution in [2.24, 2.45) is 21.6 Å². The maximum Gasteiger partial charge on any atom is 0.226 e. The van der Waals surface area contributed by atoms with Crippen LogP contribution in [0.3, 0.4) is 0 Å². The van der Waals surface area contributed by atoms with Gasteiger partial charge in [0.05, 0.1) is 24.2 Å². The number of carbonyl (C=O) groups is 1. The summed E-state index contributed by atoms with van der Waals surface area (Å²) in [5, 5.41) is 12.8. The third-order valence-electron chi connectivity index (χ3n) is 8.62. The zero-order valence-electron chi connectivity index (χ0n) is 19.1. The third-order valence-corrected chi connectivity index (χ3v) is 11.1. The second-order valence-corrected chi connectivity index (χ2v) is 12.9. The van der Waals surface area contributed by atoms with Crippen LogP contribution in [0.2, 0.25) is 0 Å². The number of rotatable bonds is 5. The van der Waals surface area contributed by atoms with Gasteiger partial charge >= 0.3 is 0 Å². The molecular formula is C23H38N4O3S. The minimum Gasteiger partial charge on any atom is -0.377 e. The summed E-state index contributed by atoms with van der Waals surface area (Å²) in [6, 6.07) is 2.73. The number of amides is 1. The molecule has 0 bridgehead atoms. The zero-order chi connectivity index (χ0) is 22.1. The second-order valence-electron chi connectivity index (χ2n) is 10.1. The molecule has 0 radical (unpaired) electrons. The minimum absolute atomic E-state index is 0.111. The van der Waals surface area contributed by atoms with Gasteiger partial charge < -0.3 is 15.0 Å². The van der Waals surface area contributed by atoms with E-state index in [4.69, 9.17) is 4.74 Å². The molecule has 8 heteroatoms. The lowest BCUT2D eigenvalue weighted by Crippen LogP contribution is -2.48. The van der Waals surface area contributed by atoms with Gasteiger partial charge in [-0.1, -0.05) is 0 Å². The molecule has 4 fully saturated rings. The van der Waals surface area contributed by atoms with Crippen molar-refractivity contribution < 1.29 is 13.7 Å². The molecule has 1 amide bonds. The van der Waals surface area contributed by atoms with Crippen molar-refractivity contribution in [2.45, 2.75) is 75.2 Å². The number of likely N-dealkylation sites (tertiary alicyclic amines) is 1. The predicted molar refractivity (Wildman–Crippen MR) is 121 cm³/mol. The summed E-state index contributed by atoms with van der Waals surface area (Å²) in [7, 11) is -0.385. The molecule has 1 spiro atoms. The van der Waals surface area contributed by atoms with Gasteiger partial charge in [0.15, 0.2) is 0 Å². The first-order chi connectivity index (χ1) is 14.9. The number of hydrogen-bond donors (Lipinski definition) is 1. The van der Waals surface area contributed by atoms with Gasteiger partial charge in [0.25, 0.3) is 0 Å². The van der Waals surface area contributed by atoms with Crippen molar-refractivity contribution in [1.29, 1.82) is 5.26 Å². The van der Waals surface area contributed by atoms with Crippen molar-refractivity contribution in [3.05, 3.63) is 0 Å². The Kier molecular flexibility index (Phi) is 6.95. The van der Waals surface area contributed by atoms with Crippen LogP contribution in [0.25, 0.3) is 0 Å².